The van der Waals surface area contributed by atoms with Crippen molar-refractivity contribution in [2.45, 2.75) is 39.2 Å². The van der Waals surface area contributed by atoms with Crippen molar-refractivity contribution < 1.29 is 22.7 Å². The number of amides is 1. The molecule has 0 aliphatic rings. The first-order valence-electron chi connectivity index (χ1n) is 10.2. The van der Waals surface area contributed by atoms with E-state index in [1.807, 2.05) is 50.2 Å². The fraction of sp³-hybridized carbons (Fsp3) is 0.435. The molecule has 1 amide bonds. The molecule has 0 saturated carbocycles. The van der Waals surface area contributed by atoms with Crippen molar-refractivity contribution in [1.82, 2.24) is 5.32 Å². The molecule has 0 bridgehead atoms. The summed E-state index contributed by atoms with van der Waals surface area (Å²) in [5.41, 5.74) is 2.52. The number of nitrogens with zero attached hydrogens (tertiary/aromatic N) is 1. The van der Waals surface area contributed by atoms with Gasteiger partial charge in [-0.05, 0) is 41.7 Å². The first-order valence-corrected chi connectivity index (χ1v) is 12.1. The number of anilines is 1. The summed E-state index contributed by atoms with van der Waals surface area (Å²) in [6.45, 7) is 4.65. The summed E-state index contributed by atoms with van der Waals surface area (Å²) >= 11 is 0. The highest BCUT2D eigenvalue weighted by Crippen LogP contribution is 2.29. The van der Waals surface area contributed by atoms with Crippen molar-refractivity contribution in [3.8, 4) is 11.5 Å². The molecule has 1 N–H and O–H groups in total. The Balaban J connectivity index is 1.97. The molecule has 0 fully saturated rings. The van der Waals surface area contributed by atoms with Crippen molar-refractivity contribution in [2.75, 3.05) is 31.3 Å². The zero-order chi connectivity index (χ0) is 23.0. The lowest BCUT2D eigenvalue weighted by Crippen LogP contribution is -2.33. The second-order valence-electron chi connectivity index (χ2n) is 7.62. The Kier molecular flexibility index (Phi) is 8.74. The molecule has 0 spiro atoms. The van der Waals surface area contributed by atoms with Crippen LogP contribution >= 0.6 is 0 Å². The first-order chi connectivity index (χ1) is 14.7. The minimum atomic E-state index is -3.47. The van der Waals surface area contributed by atoms with E-state index in [0.29, 0.717) is 30.2 Å². The number of benzene rings is 2. The Bertz CT molecular complexity index is 989. The van der Waals surface area contributed by atoms with Gasteiger partial charge in [-0.1, -0.05) is 38.1 Å². The third kappa shape index (κ3) is 6.89. The second-order valence-corrected chi connectivity index (χ2v) is 9.53. The van der Waals surface area contributed by atoms with E-state index in [1.165, 1.54) is 10.6 Å². The second kappa shape index (κ2) is 11.0. The van der Waals surface area contributed by atoms with Crippen molar-refractivity contribution in [3.05, 3.63) is 53.6 Å². The maximum Gasteiger partial charge on any atom is 0.232 e. The number of methoxy groups -OCH3 is 2. The van der Waals surface area contributed by atoms with Crippen molar-refractivity contribution in [1.29, 1.82) is 0 Å². The summed E-state index contributed by atoms with van der Waals surface area (Å²) < 4.78 is 36.7. The quantitative estimate of drug-likeness (QED) is 0.567. The molecule has 0 saturated heterocycles. The molecule has 2 rings (SSSR count). The van der Waals surface area contributed by atoms with Gasteiger partial charge in [0.1, 0.15) is 0 Å². The van der Waals surface area contributed by atoms with Crippen LogP contribution < -0.4 is 19.1 Å². The molecule has 8 heteroatoms. The van der Waals surface area contributed by atoms with Gasteiger partial charge in [0.25, 0.3) is 0 Å². The molecule has 31 heavy (non-hydrogen) atoms. The van der Waals surface area contributed by atoms with Gasteiger partial charge in [0.05, 0.1) is 26.2 Å². The number of hydrogen-bond acceptors (Lipinski definition) is 5. The highest BCUT2D eigenvalue weighted by Gasteiger charge is 2.21. The van der Waals surface area contributed by atoms with E-state index in [0.717, 1.165) is 11.1 Å². The number of carbonyl (C=O) groups excluding carboxylic acids is 1. The van der Waals surface area contributed by atoms with Gasteiger partial charge >= 0.3 is 0 Å². The largest absolute Gasteiger partial charge is 0.493 e. The van der Waals surface area contributed by atoms with E-state index in [4.69, 9.17) is 9.47 Å². The summed E-state index contributed by atoms with van der Waals surface area (Å²) in [5, 5.41) is 2.87. The Hall–Kier alpha value is -2.74. The highest BCUT2D eigenvalue weighted by atomic mass is 32.2. The molecule has 0 aromatic heterocycles. The average molecular weight is 449 g/mol. The van der Waals surface area contributed by atoms with Gasteiger partial charge in [-0.2, -0.15) is 0 Å². The maximum absolute atomic E-state index is 12.4. The molecule has 2 aromatic carbocycles. The third-order valence-corrected chi connectivity index (χ3v) is 6.11. The van der Waals surface area contributed by atoms with Crippen LogP contribution in [0.1, 0.15) is 43.7 Å². The number of hydrogen-bond donors (Lipinski definition) is 1. The summed E-state index contributed by atoms with van der Waals surface area (Å²) in [6.07, 6.45) is 1.83. The Morgan fingerprint density at radius 1 is 1.06 bits per heavy atom. The molecular formula is C23H32N2O5S. The van der Waals surface area contributed by atoms with Gasteiger partial charge in [-0.25, -0.2) is 8.42 Å². The van der Waals surface area contributed by atoms with E-state index in [-0.39, 0.29) is 24.8 Å². The van der Waals surface area contributed by atoms with Crippen molar-refractivity contribution in [2.24, 2.45) is 0 Å². The fourth-order valence-corrected chi connectivity index (χ4v) is 4.31. The first kappa shape index (κ1) is 24.5. The standard InChI is InChI=1S/C23H32N2O5S/c1-17(2)19-9-6-7-10-20(19)25(31(5,27)28)14-8-11-23(26)24-16-18-12-13-21(29-3)22(15-18)30-4/h6-7,9-10,12-13,15,17H,8,11,14,16H2,1-5H3,(H,24,26). The summed E-state index contributed by atoms with van der Waals surface area (Å²) in [6, 6.07) is 12.9. The van der Waals surface area contributed by atoms with E-state index in [9.17, 15) is 13.2 Å². The number of rotatable bonds is 11. The molecular weight excluding hydrogens is 416 g/mol. The fourth-order valence-electron chi connectivity index (χ4n) is 3.33. The smallest absolute Gasteiger partial charge is 0.232 e. The van der Waals surface area contributed by atoms with Crippen LogP contribution in [0.2, 0.25) is 0 Å². The number of ether oxygens (including phenoxy) is 2. The highest BCUT2D eigenvalue weighted by molar-refractivity contribution is 7.92. The molecule has 7 nitrogen and oxygen atoms in total. The van der Waals surface area contributed by atoms with E-state index in [2.05, 4.69) is 5.32 Å². The molecule has 0 unspecified atom stereocenters. The molecule has 0 aliphatic heterocycles. The van der Waals surface area contributed by atoms with Crippen LogP contribution in [0.5, 0.6) is 11.5 Å². The molecule has 0 aliphatic carbocycles. The summed E-state index contributed by atoms with van der Waals surface area (Å²) in [4.78, 5) is 12.3. The number of sulfonamides is 1. The SMILES string of the molecule is COc1ccc(CNC(=O)CCCN(c2ccccc2C(C)C)S(C)(=O)=O)cc1OC. The average Bonchev–Trinajstić information content (AvgIpc) is 2.74. The topological polar surface area (TPSA) is 84.9 Å². The normalized spacial score (nSPS) is 11.3. The van der Waals surface area contributed by atoms with Gasteiger partial charge in [-0.3, -0.25) is 9.10 Å². The molecule has 0 radical (unpaired) electrons. The minimum absolute atomic E-state index is 0.139. The van der Waals surface area contributed by atoms with Gasteiger partial charge in [-0.15, -0.1) is 0 Å². The van der Waals surface area contributed by atoms with Gasteiger partial charge in [0, 0.05) is 19.5 Å². The van der Waals surface area contributed by atoms with E-state index in [1.54, 1.807) is 20.3 Å². The van der Waals surface area contributed by atoms with Crippen LogP contribution in [0.3, 0.4) is 0 Å². The van der Waals surface area contributed by atoms with Crippen LogP contribution in [0.25, 0.3) is 0 Å². The zero-order valence-corrected chi connectivity index (χ0v) is 19.7. The number of carbonyl (C=O) groups is 1. The summed E-state index contributed by atoms with van der Waals surface area (Å²) in [5.74, 6) is 1.27. The lowest BCUT2D eigenvalue weighted by molar-refractivity contribution is -0.121. The predicted octanol–water partition coefficient (Wildman–Crippen LogP) is 3.69. The lowest BCUT2D eigenvalue weighted by Gasteiger charge is -2.26. The van der Waals surface area contributed by atoms with Crippen molar-refractivity contribution >= 4 is 21.6 Å². The van der Waals surface area contributed by atoms with Crippen LogP contribution in [0.15, 0.2) is 42.5 Å². The van der Waals surface area contributed by atoms with Crippen LogP contribution in [-0.4, -0.2) is 41.3 Å². The maximum atomic E-state index is 12.4. The lowest BCUT2D eigenvalue weighted by atomic mass is 10.0. The predicted molar refractivity (Wildman–Crippen MR) is 123 cm³/mol. The van der Waals surface area contributed by atoms with Gasteiger partial charge in [0.2, 0.25) is 15.9 Å². The monoisotopic (exact) mass is 448 g/mol. The number of nitrogens with one attached hydrogen (secondary N) is 1. The molecule has 0 atom stereocenters. The third-order valence-electron chi connectivity index (χ3n) is 4.93. The minimum Gasteiger partial charge on any atom is -0.493 e. The van der Waals surface area contributed by atoms with E-state index < -0.39 is 10.0 Å². The Morgan fingerprint density at radius 2 is 1.74 bits per heavy atom. The van der Waals surface area contributed by atoms with Crippen molar-refractivity contribution in [3.63, 3.8) is 0 Å². The van der Waals surface area contributed by atoms with Gasteiger partial charge in [0.15, 0.2) is 11.5 Å². The van der Waals surface area contributed by atoms with E-state index >= 15 is 0 Å². The van der Waals surface area contributed by atoms with Crippen LogP contribution in [-0.2, 0) is 21.4 Å². The van der Waals surface area contributed by atoms with Crippen LogP contribution in [0, 0.1) is 0 Å². The molecule has 0 heterocycles. The molecule has 170 valence electrons. The Morgan fingerprint density at radius 3 is 2.35 bits per heavy atom. The van der Waals surface area contributed by atoms with Gasteiger partial charge < -0.3 is 14.8 Å². The number of para-hydroxylation sites is 1. The summed E-state index contributed by atoms with van der Waals surface area (Å²) in [7, 11) is -0.337. The zero-order valence-electron chi connectivity index (χ0n) is 18.8. The molecule has 2 aromatic rings. The Labute approximate surface area is 185 Å². The van der Waals surface area contributed by atoms with Crippen LogP contribution in [0.4, 0.5) is 5.69 Å².